The monoisotopic (exact) mass is 242 g/mol. The zero-order valence-electron chi connectivity index (χ0n) is 10.6. The molecule has 0 spiro atoms. The molecule has 2 aromatic rings. The van der Waals surface area contributed by atoms with E-state index in [1.807, 2.05) is 6.07 Å². The molecule has 0 unspecified atom stereocenters. The Labute approximate surface area is 107 Å². The van der Waals surface area contributed by atoms with Crippen LogP contribution in [0.4, 0.5) is 11.5 Å². The molecule has 0 aliphatic carbocycles. The molecule has 4 heteroatoms. The van der Waals surface area contributed by atoms with E-state index >= 15 is 0 Å². The molecule has 0 fully saturated rings. The van der Waals surface area contributed by atoms with Gasteiger partial charge in [-0.2, -0.15) is 0 Å². The van der Waals surface area contributed by atoms with E-state index in [1.54, 1.807) is 12.5 Å². The summed E-state index contributed by atoms with van der Waals surface area (Å²) in [6.07, 6.45) is 4.25. The number of anilines is 2. The molecule has 1 aromatic heterocycles. The van der Waals surface area contributed by atoms with Crippen molar-refractivity contribution in [3.8, 4) is 0 Å². The maximum atomic E-state index is 5.60. The van der Waals surface area contributed by atoms with E-state index in [1.165, 1.54) is 5.56 Å². The van der Waals surface area contributed by atoms with Crippen LogP contribution >= 0.6 is 0 Å². The first-order chi connectivity index (χ1) is 8.81. The summed E-state index contributed by atoms with van der Waals surface area (Å²) in [7, 11) is 0. The Morgan fingerprint density at radius 1 is 1.17 bits per heavy atom. The fourth-order valence-corrected chi connectivity index (χ4v) is 1.79. The Bertz CT molecular complexity index is 467. The van der Waals surface area contributed by atoms with Crippen LogP contribution in [0.5, 0.6) is 0 Å². The molecule has 0 amide bonds. The van der Waals surface area contributed by atoms with E-state index in [2.05, 4.69) is 46.1 Å². The van der Waals surface area contributed by atoms with E-state index in [-0.39, 0.29) is 0 Å². The van der Waals surface area contributed by atoms with Gasteiger partial charge in [-0.25, -0.2) is 9.97 Å². The van der Waals surface area contributed by atoms with Crippen LogP contribution < -0.4 is 10.6 Å². The third-order valence-electron chi connectivity index (χ3n) is 2.77. The number of hydrogen-bond donors (Lipinski definition) is 1. The first kappa shape index (κ1) is 12.5. The Kier molecular flexibility index (Phi) is 4.25. The van der Waals surface area contributed by atoms with Crippen molar-refractivity contribution in [2.75, 3.05) is 18.0 Å². The van der Waals surface area contributed by atoms with Gasteiger partial charge in [0.25, 0.3) is 0 Å². The van der Waals surface area contributed by atoms with Gasteiger partial charge in [-0.05, 0) is 38.1 Å². The minimum Gasteiger partial charge on any atom is -0.330 e. The van der Waals surface area contributed by atoms with Gasteiger partial charge in [0.05, 0.1) is 0 Å². The number of aryl methyl sites for hydroxylation is 1. The number of hydrogen-bond acceptors (Lipinski definition) is 4. The number of benzene rings is 1. The highest BCUT2D eigenvalue weighted by Crippen LogP contribution is 2.23. The second-order valence-electron chi connectivity index (χ2n) is 4.20. The topological polar surface area (TPSA) is 55.0 Å². The van der Waals surface area contributed by atoms with Crippen molar-refractivity contribution >= 4 is 11.5 Å². The molecule has 0 saturated carbocycles. The molecule has 0 atom stereocenters. The zero-order chi connectivity index (χ0) is 12.8. The fourth-order valence-electron chi connectivity index (χ4n) is 1.79. The number of aromatic nitrogens is 2. The number of nitrogens with zero attached hydrogens (tertiary/aromatic N) is 3. The van der Waals surface area contributed by atoms with E-state index in [0.29, 0.717) is 6.54 Å². The van der Waals surface area contributed by atoms with Gasteiger partial charge in [-0.3, -0.25) is 0 Å². The molecule has 1 aromatic carbocycles. The van der Waals surface area contributed by atoms with Crippen molar-refractivity contribution in [3.63, 3.8) is 0 Å². The normalized spacial score (nSPS) is 10.3. The van der Waals surface area contributed by atoms with Crippen molar-refractivity contribution in [1.82, 2.24) is 9.97 Å². The van der Waals surface area contributed by atoms with E-state index in [0.717, 1.165) is 24.5 Å². The molecule has 18 heavy (non-hydrogen) atoms. The molecule has 0 bridgehead atoms. The molecule has 0 radical (unpaired) electrons. The Balaban J connectivity index is 2.27. The standard InChI is InChI=1S/C14H18N4/c1-12-3-5-13(6-4-12)18(10-2-8-15)14-7-9-16-11-17-14/h3-7,9,11H,2,8,10,15H2,1H3. The van der Waals surface area contributed by atoms with Gasteiger partial charge in [0.2, 0.25) is 0 Å². The van der Waals surface area contributed by atoms with Crippen molar-refractivity contribution in [2.45, 2.75) is 13.3 Å². The highest BCUT2D eigenvalue weighted by molar-refractivity contribution is 5.59. The van der Waals surface area contributed by atoms with Crippen LogP contribution in [-0.2, 0) is 0 Å². The summed E-state index contributed by atoms with van der Waals surface area (Å²) in [4.78, 5) is 10.4. The first-order valence-corrected chi connectivity index (χ1v) is 6.11. The molecular weight excluding hydrogens is 224 g/mol. The number of rotatable bonds is 5. The van der Waals surface area contributed by atoms with E-state index in [9.17, 15) is 0 Å². The third kappa shape index (κ3) is 3.05. The summed E-state index contributed by atoms with van der Waals surface area (Å²) in [6.45, 7) is 3.61. The summed E-state index contributed by atoms with van der Waals surface area (Å²) in [5, 5.41) is 0. The quantitative estimate of drug-likeness (QED) is 0.874. The minimum absolute atomic E-state index is 0.674. The van der Waals surface area contributed by atoms with Crippen molar-refractivity contribution < 1.29 is 0 Å². The highest BCUT2D eigenvalue weighted by atomic mass is 15.2. The fraction of sp³-hybridized carbons (Fsp3) is 0.286. The van der Waals surface area contributed by atoms with Crippen LogP contribution in [0.25, 0.3) is 0 Å². The Morgan fingerprint density at radius 2 is 1.94 bits per heavy atom. The first-order valence-electron chi connectivity index (χ1n) is 6.11. The number of nitrogens with two attached hydrogens (primary N) is 1. The van der Waals surface area contributed by atoms with Crippen molar-refractivity contribution in [2.24, 2.45) is 5.73 Å². The smallest absolute Gasteiger partial charge is 0.136 e. The lowest BCUT2D eigenvalue weighted by atomic mass is 10.2. The minimum atomic E-state index is 0.674. The summed E-state index contributed by atoms with van der Waals surface area (Å²) in [5.41, 5.74) is 7.98. The molecule has 94 valence electrons. The molecule has 2 N–H and O–H groups in total. The Hall–Kier alpha value is -1.94. The van der Waals surface area contributed by atoms with Crippen LogP contribution in [0, 0.1) is 6.92 Å². The maximum absolute atomic E-state index is 5.60. The van der Waals surface area contributed by atoms with Crippen LogP contribution in [0.15, 0.2) is 42.9 Å². The van der Waals surface area contributed by atoms with Crippen LogP contribution in [0.3, 0.4) is 0 Å². The van der Waals surface area contributed by atoms with Gasteiger partial charge >= 0.3 is 0 Å². The Morgan fingerprint density at radius 3 is 2.56 bits per heavy atom. The van der Waals surface area contributed by atoms with E-state index < -0.39 is 0 Å². The van der Waals surface area contributed by atoms with E-state index in [4.69, 9.17) is 5.73 Å². The molecule has 0 aliphatic rings. The lowest BCUT2D eigenvalue weighted by Crippen LogP contribution is -2.21. The van der Waals surface area contributed by atoms with Crippen LogP contribution in [-0.4, -0.2) is 23.1 Å². The lowest BCUT2D eigenvalue weighted by molar-refractivity contribution is 0.808. The largest absolute Gasteiger partial charge is 0.330 e. The molecule has 4 nitrogen and oxygen atoms in total. The molecule has 0 saturated heterocycles. The summed E-state index contributed by atoms with van der Waals surface area (Å²) >= 11 is 0. The summed E-state index contributed by atoms with van der Waals surface area (Å²) < 4.78 is 0. The molecule has 0 aliphatic heterocycles. The van der Waals surface area contributed by atoms with Crippen LogP contribution in [0.2, 0.25) is 0 Å². The lowest BCUT2D eigenvalue weighted by Gasteiger charge is -2.23. The average Bonchev–Trinajstić information content (AvgIpc) is 2.42. The second-order valence-corrected chi connectivity index (χ2v) is 4.20. The molecular formula is C14H18N4. The van der Waals surface area contributed by atoms with Gasteiger partial charge in [-0.1, -0.05) is 17.7 Å². The third-order valence-corrected chi connectivity index (χ3v) is 2.77. The molecule has 1 heterocycles. The van der Waals surface area contributed by atoms with Gasteiger partial charge in [0.15, 0.2) is 0 Å². The molecule has 2 rings (SSSR count). The van der Waals surface area contributed by atoms with Crippen molar-refractivity contribution in [3.05, 3.63) is 48.4 Å². The van der Waals surface area contributed by atoms with Gasteiger partial charge in [-0.15, -0.1) is 0 Å². The highest BCUT2D eigenvalue weighted by Gasteiger charge is 2.09. The van der Waals surface area contributed by atoms with Gasteiger partial charge in [0, 0.05) is 18.4 Å². The average molecular weight is 242 g/mol. The predicted molar refractivity (Wildman–Crippen MR) is 73.9 cm³/mol. The summed E-state index contributed by atoms with van der Waals surface area (Å²) in [5.74, 6) is 0.905. The second kappa shape index (κ2) is 6.12. The maximum Gasteiger partial charge on any atom is 0.136 e. The van der Waals surface area contributed by atoms with Crippen molar-refractivity contribution in [1.29, 1.82) is 0 Å². The predicted octanol–water partition coefficient (Wildman–Crippen LogP) is 2.27. The van der Waals surface area contributed by atoms with Gasteiger partial charge < -0.3 is 10.6 Å². The van der Waals surface area contributed by atoms with Crippen LogP contribution in [0.1, 0.15) is 12.0 Å². The summed E-state index contributed by atoms with van der Waals surface area (Å²) in [6, 6.07) is 10.3. The SMILES string of the molecule is Cc1ccc(N(CCCN)c2ccncn2)cc1. The zero-order valence-corrected chi connectivity index (χ0v) is 10.6. The van der Waals surface area contributed by atoms with Gasteiger partial charge in [0.1, 0.15) is 12.1 Å².